The van der Waals surface area contributed by atoms with Crippen LogP contribution in [0.4, 0.5) is 24.5 Å². The first-order valence-corrected chi connectivity index (χ1v) is 7.61. The van der Waals surface area contributed by atoms with E-state index in [4.69, 9.17) is 21.1 Å². The second kappa shape index (κ2) is 8.12. The Morgan fingerprint density at radius 2 is 1.93 bits per heavy atom. The van der Waals surface area contributed by atoms with Gasteiger partial charge in [0.25, 0.3) is 11.6 Å². The Morgan fingerprint density at radius 3 is 2.52 bits per heavy atom. The average molecular weight is 405 g/mol. The lowest BCUT2D eigenvalue weighted by atomic mass is 10.1. The van der Waals surface area contributed by atoms with E-state index in [0.29, 0.717) is 6.07 Å². The number of non-ortho nitro benzene ring substituents is 1. The molecule has 2 aromatic carbocycles. The molecule has 0 saturated carbocycles. The number of nitro groups is 1. The fraction of sp³-hybridized carbons (Fsp3) is 0.188. The van der Waals surface area contributed by atoms with Crippen LogP contribution in [-0.2, 0) is 11.0 Å². The van der Waals surface area contributed by atoms with Crippen molar-refractivity contribution < 1.29 is 32.4 Å². The molecule has 1 N–H and O–H groups in total. The van der Waals surface area contributed by atoms with E-state index in [2.05, 4.69) is 5.32 Å². The predicted molar refractivity (Wildman–Crippen MR) is 90.2 cm³/mol. The molecule has 2 aromatic rings. The zero-order chi connectivity index (χ0) is 20.2. The number of halogens is 4. The van der Waals surface area contributed by atoms with Gasteiger partial charge in [0, 0.05) is 11.1 Å². The third kappa shape index (κ3) is 5.23. The smallest absolute Gasteiger partial charge is 0.418 e. The minimum Gasteiger partial charge on any atom is -0.493 e. The Morgan fingerprint density at radius 1 is 1.22 bits per heavy atom. The van der Waals surface area contributed by atoms with E-state index in [9.17, 15) is 28.1 Å². The van der Waals surface area contributed by atoms with Gasteiger partial charge in [-0.15, -0.1) is 0 Å². The van der Waals surface area contributed by atoms with Crippen LogP contribution in [0.2, 0.25) is 5.02 Å². The molecule has 0 aliphatic carbocycles. The van der Waals surface area contributed by atoms with Crippen molar-refractivity contribution >= 4 is 28.9 Å². The molecule has 0 heterocycles. The highest BCUT2D eigenvalue weighted by atomic mass is 35.5. The Balaban J connectivity index is 2.11. The first-order valence-electron chi connectivity index (χ1n) is 7.23. The number of carbonyl (C=O) groups excluding carboxylic acids is 1. The van der Waals surface area contributed by atoms with Gasteiger partial charge < -0.3 is 14.8 Å². The largest absolute Gasteiger partial charge is 0.493 e. The highest BCUT2D eigenvalue weighted by molar-refractivity contribution is 6.30. The minimum atomic E-state index is -4.71. The summed E-state index contributed by atoms with van der Waals surface area (Å²) in [6.07, 6.45) is -4.71. The molecule has 0 bridgehead atoms. The molecule has 7 nitrogen and oxygen atoms in total. The molecule has 1 amide bonds. The van der Waals surface area contributed by atoms with Crippen molar-refractivity contribution in [1.29, 1.82) is 0 Å². The molecule has 0 radical (unpaired) electrons. The summed E-state index contributed by atoms with van der Waals surface area (Å²) in [7, 11) is 1.25. The van der Waals surface area contributed by atoms with Crippen LogP contribution in [0.1, 0.15) is 5.56 Å². The van der Waals surface area contributed by atoms with Gasteiger partial charge in [-0.3, -0.25) is 14.9 Å². The molecule has 2 rings (SSSR count). The van der Waals surface area contributed by atoms with Crippen LogP contribution in [0, 0.1) is 10.1 Å². The van der Waals surface area contributed by atoms with Gasteiger partial charge in [0.15, 0.2) is 18.1 Å². The molecular formula is C16H12ClF3N2O5. The van der Waals surface area contributed by atoms with Gasteiger partial charge in [-0.1, -0.05) is 11.6 Å². The van der Waals surface area contributed by atoms with E-state index in [0.717, 1.165) is 18.2 Å². The number of rotatable bonds is 6. The van der Waals surface area contributed by atoms with Crippen molar-refractivity contribution in [3.8, 4) is 11.5 Å². The highest BCUT2D eigenvalue weighted by Crippen LogP contribution is 2.36. The maximum Gasteiger partial charge on any atom is 0.418 e. The van der Waals surface area contributed by atoms with Crippen molar-refractivity contribution in [2.45, 2.75) is 6.18 Å². The number of amides is 1. The summed E-state index contributed by atoms with van der Waals surface area (Å²) in [6, 6.07) is 6.36. The van der Waals surface area contributed by atoms with Crippen LogP contribution in [0.15, 0.2) is 36.4 Å². The second-order valence-electron chi connectivity index (χ2n) is 5.12. The van der Waals surface area contributed by atoms with E-state index < -0.39 is 34.9 Å². The summed E-state index contributed by atoms with van der Waals surface area (Å²) in [5.74, 6) is -0.854. The van der Waals surface area contributed by atoms with E-state index >= 15 is 0 Å². The molecule has 0 atom stereocenters. The summed E-state index contributed by atoms with van der Waals surface area (Å²) in [5.41, 5.74) is -1.83. The zero-order valence-electron chi connectivity index (χ0n) is 13.7. The van der Waals surface area contributed by atoms with Crippen LogP contribution in [0.3, 0.4) is 0 Å². The lowest BCUT2D eigenvalue weighted by Gasteiger charge is -2.15. The van der Waals surface area contributed by atoms with E-state index in [1.807, 2.05) is 0 Å². The van der Waals surface area contributed by atoms with Gasteiger partial charge in [-0.25, -0.2) is 0 Å². The molecule has 11 heteroatoms. The Kier molecular flexibility index (Phi) is 6.11. The molecule has 27 heavy (non-hydrogen) atoms. The van der Waals surface area contributed by atoms with Crippen LogP contribution >= 0.6 is 11.6 Å². The summed E-state index contributed by atoms with van der Waals surface area (Å²) in [6.45, 7) is -0.645. The maximum absolute atomic E-state index is 13.0. The molecule has 0 fully saturated rings. The number of carbonyl (C=O) groups is 1. The van der Waals surface area contributed by atoms with E-state index in [1.165, 1.54) is 19.2 Å². The topological polar surface area (TPSA) is 90.7 Å². The number of hydrogen-bond donors (Lipinski definition) is 1. The number of benzene rings is 2. The van der Waals surface area contributed by atoms with Crippen LogP contribution in [0.5, 0.6) is 11.5 Å². The van der Waals surface area contributed by atoms with Crippen LogP contribution in [-0.4, -0.2) is 24.5 Å². The molecule has 0 aliphatic rings. The Labute approximate surface area is 155 Å². The van der Waals surface area contributed by atoms with Gasteiger partial charge >= 0.3 is 6.18 Å². The number of methoxy groups -OCH3 is 1. The quantitative estimate of drug-likeness (QED) is 0.572. The zero-order valence-corrected chi connectivity index (χ0v) is 14.4. The Hall–Kier alpha value is -3.01. The molecule has 0 saturated heterocycles. The van der Waals surface area contributed by atoms with Crippen LogP contribution < -0.4 is 14.8 Å². The monoisotopic (exact) mass is 404 g/mol. The summed E-state index contributed by atoms with van der Waals surface area (Å²) < 4.78 is 49.2. The number of nitro benzene ring substituents is 1. The van der Waals surface area contributed by atoms with E-state index in [1.54, 1.807) is 0 Å². The average Bonchev–Trinajstić information content (AvgIpc) is 2.60. The van der Waals surface area contributed by atoms with E-state index in [-0.39, 0.29) is 22.2 Å². The predicted octanol–water partition coefficient (Wildman–Crippen LogP) is 4.29. The molecule has 0 aromatic heterocycles. The summed E-state index contributed by atoms with van der Waals surface area (Å²) in [5, 5.41) is 12.7. The standard InChI is InChI=1S/C16H12ClF3N2O5/c1-26-14-7-10(22(24)25)3-5-13(14)27-8-15(23)21-12-4-2-9(17)6-11(12)16(18,19)20/h2-7H,8H2,1H3,(H,21,23). The highest BCUT2D eigenvalue weighted by Gasteiger charge is 2.34. The van der Waals surface area contributed by atoms with Crippen molar-refractivity contribution in [2.75, 3.05) is 19.0 Å². The summed E-state index contributed by atoms with van der Waals surface area (Å²) in [4.78, 5) is 22.0. The first kappa shape index (κ1) is 20.3. The van der Waals surface area contributed by atoms with Gasteiger partial charge in [-0.05, 0) is 24.3 Å². The number of nitrogens with zero attached hydrogens (tertiary/aromatic N) is 1. The van der Waals surface area contributed by atoms with Gasteiger partial charge in [0.1, 0.15) is 0 Å². The van der Waals surface area contributed by atoms with Gasteiger partial charge in [0.05, 0.1) is 29.4 Å². The minimum absolute atomic E-state index is 0.000488. The van der Waals surface area contributed by atoms with Crippen molar-refractivity contribution in [1.82, 2.24) is 0 Å². The Bertz CT molecular complexity index is 874. The summed E-state index contributed by atoms with van der Waals surface area (Å²) >= 11 is 5.57. The lowest BCUT2D eigenvalue weighted by molar-refractivity contribution is -0.384. The third-order valence-electron chi connectivity index (χ3n) is 3.28. The maximum atomic E-state index is 13.0. The van der Waals surface area contributed by atoms with Crippen molar-refractivity contribution in [2.24, 2.45) is 0 Å². The fourth-order valence-corrected chi connectivity index (χ4v) is 2.25. The normalized spacial score (nSPS) is 11.0. The van der Waals surface area contributed by atoms with Gasteiger partial charge in [0.2, 0.25) is 0 Å². The second-order valence-corrected chi connectivity index (χ2v) is 5.55. The third-order valence-corrected chi connectivity index (χ3v) is 3.51. The fourth-order valence-electron chi connectivity index (χ4n) is 2.08. The van der Waals surface area contributed by atoms with Gasteiger partial charge in [-0.2, -0.15) is 13.2 Å². The number of alkyl halides is 3. The number of hydrogen-bond acceptors (Lipinski definition) is 5. The number of anilines is 1. The van der Waals surface area contributed by atoms with Crippen molar-refractivity contribution in [3.63, 3.8) is 0 Å². The van der Waals surface area contributed by atoms with Crippen LogP contribution in [0.25, 0.3) is 0 Å². The molecule has 0 aliphatic heterocycles. The SMILES string of the molecule is COc1cc([N+](=O)[O-])ccc1OCC(=O)Nc1ccc(Cl)cc1C(F)(F)F. The lowest BCUT2D eigenvalue weighted by Crippen LogP contribution is -2.22. The first-order chi connectivity index (χ1) is 12.6. The molecular weight excluding hydrogens is 393 g/mol. The van der Waals surface area contributed by atoms with Crippen molar-refractivity contribution in [3.05, 3.63) is 57.1 Å². The number of nitrogens with one attached hydrogen (secondary N) is 1. The number of ether oxygens (including phenoxy) is 2. The molecule has 0 unspecified atom stereocenters. The molecule has 144 valence electrons. The molecule has 0 spiro atoms.